The first kappa shape index (κ1) is 15.4. The number of nitrogens with one attached hydrogen (secondary N) is 1. The van der Waals surface area contributed by atoms with Gasteiger partial charge in [0.15, 0.2) is 11.6 Å². The summed E-state index contributed by atoms with van der Waals surface area (Å²) < 4.78 is 19.6. The number of ether oxygens (including phenoxy) is 1. The molecule has 2 nitrogen and oxygen atoms in total. The van der Waals surface area contributed by atoms with Crippen molar-refractivity contribution in [1.82, 2.24) is 5.32 Å². The first-order valence-corrected chi connectivity index (χ1v) is 7.32. The molecule has 0 radical (unpaired) electrons. The summed E-state index contributed by atoms with van der Waals surface area (Å²) in [5.41, 5.74) is 0. The predicted octanol–water partition coefficient (Wildman–Crippen LogP) is 4.14. The molecule has 0 aliphatic rings. The van der Waals surface area contributed by atoms with E-state index in [-0.39, 0.29) is 5.82 Å². The van der Waals surface area contributed by atoms with E-state index >= 15 is 0 Å². The zero-order valence-corrected chi connectivity index (χ0v) is 12.4. The van der Waals surface area contributed by atoms with Crippen LogP contribution in [0.3, 0.4) is 0 Å². The van der Waals surface area contributed by atoms with E-state index in [1.165, 1.54) is 18.9 Å². The van der Waals surface area contributed by atoms with Crippen LogP contribution in [0.2, 0.25) is 0 Å². The van der Waals surface area contributed by atoms with Crippen molar-refractivity contribution in [2.45, 2.75) is 32.6 Å². The third kappa shape index (κ3) is 6.36. The van der Waals surface area contributed by atoms with Crippen LogP contribution in [0, 0.1) is 5.82 Å². The van der Waals surface area contributed by atoms with Gasteiger partial charge < -0.3 is 10.1 Å². The lowest BCUT2D eigenvalue weighted by atomic mass is 10.2. The minimum Gasteiger partial charge on any atom is -0.490 e. The van der Waals surface area contributed by atoms with E-state index in [0.717, 1.165) is 30.4 Å². The second-order valence-electron chi connectivity index (χ2n) is 4.19. The van der Waals surface area contributed by atoms with Crippen molar-refractivity contribution in [3.8, 4) is 5.75 Å². The molecule has 0 bridgehead atoms. The Labute approximate surface area is 117 Å². The van der Waals surface area contributed by atoms with Gasteiger partial charge in [0, 0.05) is 4.47 Å². The van der Waals surface area contributed by atoms with Crippen LogP contribution < -0.4 is 10.1 Å². The zero-order chi connectivity index (χ0) is 13.2. The van der Waals surface area contributed by atoms with E-state index in [1.54, 1.807) is 12.1 Å². The highest BCUT2D eigenvalue weighted by Crippen LogP contribution is 2.22. The molecule has 0 atom stereocenters. The Hall–Kier alpha value is -0.610. The molecule has 0 heterocycles. The first-order valence-electron chi connectivity index (χ1n) is 6.52. The van der Waals surface area contributed by atoms with Crippen LogP contribution >= 0.6 is 15.9 Å². The molecule has 0 aliphatic heterocycles. The molecule has 0 fully saturated rings. The standard InChI is InChI=1S/C14H21BrFNO/c1-2-17-9-5-3-4-6-10-18-14-11-12(15)7-8-13(14)16/h7-8,11,17H,2-6,9-10H2,1H3. The lowest BCUT2D eigenvalue weighted by molar-refractivity contribution is 0.290. The van der Waals surface area contributed by atoms with Crippen LogP contribution in [0.4, 0.5) is 4.39 Å². The van der Waals surface area contributed by atoms with E-state index in [9.17, 15) is 4.39 Å². The molecule has 4 heteroatoms. The van der Waals surface area contributed by atoms with Gasteiger partial charge in [0.05, 0.1) is 6.61 Å². The van der Waals surface area contributed by atoms with Gasteiger partial charge in [0.1, 0.15) is 0 Å². The summed E-state index contributed by atoms with van der Waals surface area (Å²) in [5.74, 6) is 0.0300. The highest BCUT2D eigenvalue weighted by molar-refractivity contribution is 9.10. The van der Waals surface area contributed by atoms with Crippen molar-refractivity contribution in [2.24, 2.45) is 0 Å². The summed E-state index contributed by atoms with van der Waals surface area (Å²) >= 11 is 3.30. The largest absolute Gasteiger partial charge is 0.490 e. The average Bonchev–Trinajstić information content (AvgIpc) is 2.36. The van der Waals surface area contributed by atoms with E-state index in [2.05, 4.69) is 28.2 Å². The van der Waals surface area contributed by atoms with Gasteiger partial charge in [-0.3, -0.25) is 0 Å². The Bertz CT molecular complexity index is 347. The van der Waals surface area contributed by atoms with Gasteiger partial charge >= 0.3 is 0 Å². The molecule has 0 aromatic heterocycles. The summed E-state index contributed by atoms with van der Waals surface area (Å²) in [6.45, 7) is 4.80. The fourth-order valence-corrected chi connectivity index (χ4v) is 1.99. The second-order valence-corrected chi connectivity index (χ2v) is 5.11. The van der Waals surface area contributed by atoms with Crippen molar-refractivity contribution in [1.29, 1.82) is 0 Å². The van der Waals surface area contributed by atoms with E-state index in [0.29, 0.717) is 12.4 Å². The van der Waals surface area contributed by atoms with E-state index in [1.807, 2.05) is 0 Å². The first-order chi connectivity index (χ1) is 8.74. The summed E-state index contributed by atoms with van der Waals surface area (Å²) in [5, 5.41) is 3.29. The number of rotatable bonds is 9. The van der Waals surface area contributed by atoms with E-state index in [4.69, 9.17) is 4.74 Å². The Balaban J connectivity index is 2.09. The maximum atomic E-state index is 13.3. The summed E-state index contributed by atoms with van der Waals surface area (Å²) in [6.07, 6.45) is 4.48. The molecule has 0 aliphatic carbocycles. The number of hydrogen-bond donors (Lipinski definition) is 1. The molecular weight excluding hydrogens is 297 g/mol. The lowest BCUT2D eigenvalue weighted by Crippen LogP contribution is -2.13. The van der Waals surface area contributed by atoms with Crippen LogP contribution in [-0.2, 0) is 0 Å². The Kier molecular flexibility index (Phi) is 8.01. The SMILES string of the molecule is CCNCCCCCCOc1cc(Br)ccc1F. The topological polar surface area (TPSA) is 21.3 Å². The highest BCUT2D eigenvalue weighted by Gasteiger charge is 2.03. The zero-order valence-electron chi connectivity index (χ0n) is 10.8. The summed E-state index contributed by atoms with van der Waals surface area (Å²) in [7, 11) is 0. The van der Waals surface area contributed by atoms with Gasteiger partial charge in [-0.05, 0) is 44.1 Å². The highest BCUT2D eigenvalue weighted by atomic mass is 79.9. The fourth-order valence-electron chi connectivity index (χ4n) is 1.65. The summed E-state index contributed by atoms with van der Waals surface area (Å²) in [6, 6.07) is 4.75. The average molecular weight is 318 g/mol. The maximum Gasteiger partial charge on any atom is 0.165 e. The molecule has 1 aromatic rings. The Morgan fingerprint density at radius 3 is 2.78 bits per heavy atom. The van der Waals surface area contributed by atoms with E-state index < -0.39 is 0 Å². The molecular formula is C14H21BrFNO. The smallest absolute Gasteiger partial charge is 0.165 e. The molecule has 0 amide bonds. The minimum atomic E-state index is -0.301. The lowest BCUT2D eigenvalue weighted by Gasteiger charge is -2.07. The number of benzene rings is 1. The van der Waals surface area contributed by atoms with Crippen molar-refractivity contribution in [3.63, 3.8) is 0 Å². The summed E-state index contributed by atoms with van der Waals surface area (Å²) in [4.78, 5) is 0. The van der Waals surface area contributed by atoms with Gasteiger partial charge in [0.2, 0.25) is 0 Å². The Morgan fingerprint density at radius 1 is 1.22 bits per heavy atom. The molecule has 0 unspecified atom stereocenters. The molecule has 18 heavy (non-hydrogen) atoms. The second kappa shape index (κ2) is 9.34. The van der Waals surface area contributed by atoms with Crippen molar-refractivity contribution >= 4 is 15.9 Å². The predicted molar refractivity (Wildman–Crippen MR) is 76.6 cm³/mol. The van der Waals surface area contributed by atoms with Gasteiger partial charge in [0.25, 0.3) is 0 Å². The molecule has 102 valence electrons. The van der Waals surface area contributed by atoms with Crippen LogP contribution in [0.25, 0.3) is 0 Å². The molecule has 1 N–H and O–H groups in total. The number of unbranched alkanes of at least 4 members (excludes halogenated alkanes) is 3. The Morgan fingerprint density at radius 2 is 2.00 bits per heavy atom. The number of halogens is 2. The molecule has 0 saturated heterocycles. The van der Waals surface area contributed by atoms with Crippen LogP contribution in [-0.4, -0.2) is 19.7 Å². The monoisotopic (exact) mass is 317 g/mol. The third-order valence-corrected chi connectivity index (χ3v) is 3.14. The van der Waals surface area contributed by atoms with Gasteiger partial charge in [-0.1, -0.05) is 35.7 Å². The molecule has 1 aromatic carbocycles. The third-order valence-electron chi connectivity index (χ3n) is 2.65. The van der Waals surface area contributed by atoms with Crippen LogP contribution in [0.15, 0.2) is 22.7 Å². The van der Waals surface area contributed by atoms with Crippen LogP contribution in [0.1, 0.15) is 32.6 Å². The molecule has 0 spiro atoms. The number of hydrogen-bond acceptors (Lipinski definition) is 2. The van der Waals surface area contributed by atoms with Crippen molar-refractivity contribution in [3.05, 3.63) is 28.5 Å². The van der Waals surface area contributed by atoms with Crippen molar-refractivity contribution in [2.75, 3.05) is 19.7 Å². The quantitative estimate of drug-likeness (QED) is 0.691. The normalized spacial score (nSPS) is 10.6. The van der Waals surface area contributed by atoms with Crippen LogP contribution in [0.5, 0.6) is 5.75 Å². The molecule has 0 saturated carbocycles. The molecule has 1 rings (SSSR count). The van der Waals surface area contributed by atoms with Gasteiger partial charge in [-0.15, -0.1) is 0 Å². The fraction of sp³-hybridized carbons (Fsp3) is 0.571. The van der Waals surface area contributed by atoms with Gasteiger partial charge in [-0.25, -0.2) is 4.39 Å². The minimum absolute atomic E-state index is 0.301. The maximum absolute atomic E-state index is 13.3. The van der Waals surface area contributed by atoms with Gasteiger partial charge in [-0.2, -0.15) is 0 Å². The van der Waals surface area contributed by atoms with Crippen molar-refractivity contribution < 1.29 is 9.13 Å².